The van der Waals surface area contributed by atoms with Crippen LogP contribution in [0.1, 0.15) is 38.2 Å². The Bertz CT molecular complexity index is 372. The quantitative estimate of drug-likeness (QED) is 0.781. The van der Waals surface area contributed by atoms with Crippen molar-refractivity contribution in [2.75, 3.05) is 6.54 Å². The molecule has 0 saturated heterocycles. The van der Waals surface area contributed by atoms with E-state index >= 15 is 0 Å². The van der Waals surface area contributed by atoms with Gasteiger partial charge < -0.3 is 15.5 Å². The van der Waals surface area contributed by atoms with Crippen LogP contribution >= 0.6 is 0 Å². The molecule has 1 amide bonds. The van der Waals surface area contributed by atoms with Crippen molar-refractivity contribution in [1.29, 1.82) is 0 Å². The van der Waals surface area contributed by atoms with Crippen LogP contribution in [-0.2, 0) is 11.3 Å². The molecule has 102 valence electrons. The summed E-state index contributed by atoms with van der Waals surface area (Å²) in [5.74, 6) is 2.52. The zero-order valence-electron chi connectivity index (χ0n) is 11.5. The molecule has 0 aliphatic rings. The molecule has 4 nitrogen and oxygen atoms in total. The van der Waals surface area contributed by atoms with Crippen LogP contribution in [0.15, 0.2) is 16.5 Å². The van der Waals surface area contributed by atoms with Gasteiger partial charge in [0.15, 0.2) is 0 Å². The first-order valence-electron chi connectivity index (χ1n) is 6.53. The highest BCUT2D eigenvalue weighted by Crippen LogP contribution is 2.14. The molecule has 0 aliphatic carbocycles. The van der Waals surface area contributed by atoms with E-state index < -0.39 is 0 Å². The third kappa shape index (κ3) is 5.36. The van der Waals surface area contributed by atoms with Crippen molar-refractivity contribution < 1.29 is 9.21 Å². The molecule has 1 aromatic rings. The maximum Gasteiger partial charge on any atom is 0.220 e. The summed E-state index contributed by atoms with van der Waals surface area (Å²) >= 11 is 0. The predicted molar refractivity (Wildman–Crippen MR) is 71.9 cm³/mol. The van der Waals surface area contributed by atoms with E-state index in [4.69, 9.17) is 10.2 Å². The molecule has 1 atom stereocenters. The van der Waals surface area contributed by atoms with Gasteiger partial charge in [-0.3, -0.25) is 4.79 Å². The van der Waals surface area contributed by atoms with E-state index in [0.29, 0.717) is 25.4 Å². The Labute approximate surface area is 109 Å². The standard InChI is InChI=1S/C14H24N2O2/c1-10(2)6-12(8-15)7-14(17)16-9-13-5-4-11(3)18-13/h4-5,10,12H,6-9,15H2,1-3H3,(H,16,17)/t12-/m0/s1. The van der Waals surface area contributed by atoms with Crippen molar-refractivity contribution in [3.63, 3.8) is 0 Å². The van der Waals surface area contributed by atoms with E-state index in [1.807, 2.05) is 19.1 Å². The van der Waals surface area contributed by atoms with Crippen LogP contribution in [0.25, 0.3) is 0 Å². The van der Waals surface area contributed by atoms with Gasteiger partial charge in [-0.2, -0.15) is 0 Å². The minimum atomic E-state index is 0.0418. The maximum atomic E-state index is 11.8. The summed E-state index contributed by atoms with van der Waals surface area (Å²) in [6.07, 6.45) is 1.48. The van der Waals surface area contributed by atoms with Crippen LogP contribution < -0.4 is 11.1 Å². The Morgan fingerprint density at radius 2 is 2.17 bits per heavy atom. The third-order valence-electron chi connectivity index (χ3n) is 2.87. The average molecular weight is 252 g/mol. The van der Waals surface area contributed by atoms with Crippen molar-refractivity contribution in [1.82, 2.24) is 5.32 Å². The molecule has 4 heteroatoms. The molecule has 1 rings (SSSR count). The van der Waals surface area contributed by atoms with Gasteiger partial charge in [0.2, 0.25) is 5.91 Å². The summed E-state index contributed by atoms with van der Waals surface area (Å²) in [7, 11) is 0. The molecule has 0 unspecified atom stereocenters. The minimum Gasteiger partial charge on any atom is -0.465 e. The van der Waals surface area contributed by atoms with Crippen molar-refractivity contribution in [3.05, 3.63) is 23.7 Å². The van der Waals surface area contributed by atoms with Gasteiger partial charge in [0.05, 0.1) is 6.54 Å². The number of nitrogens with two attached hydrogens (primary N) is 1. The summed E-state index contributed by atoms with van der Waals surface area (Å²) < 4.78 is 5.39. The first-order valence-corrected chi connectivity index (χ1v) is 6.53. The number of hydrogen-bond acceptors (Lipinski definition) is 3. The van der Waals surface area contributed by atoms with E-state index in [-0.39, 0.29) is 11.8 Å². The Balaban J connectivity index is 2.32. The number of carbonyl (C=O) groups excluding carboxylic acids is 1. The number of hydrogen-bond donors (Lipinski definition) is 2. The first-order chi connectivity index (χ1) is 8.51. The number of rotatable bonds is 7. The lowest BCUT2D eigenvalue weighted by Gasteiger charge is -2.16. The fraction of sp³-hybridized carbons (Fsp3) is 0.643. The Hall–Kier alpha value is -1.29. The molecule has 18 heavy (non-hydrogen) atoms. The van der Waals surface area contributed by atoms with E-state index in [2.05, 4.69) is 19.2 Å². The number of nitrogens with one attached hydrogen (secondary N) is 1. The SMILES string of the molecule is Cc1ccc(CNC(=O)C[C@@H](CN)CC(C)C)o1. The molecule has 1 heterocycles. The molecular formula is C14H24N2O2. The number of amides is 1. The van der Waals surface area contributed by atoms with E-state index in [9.17, 15) is 4.79 Å². The predicted octanol–water partition coefficient (Wildman–Crippen LogP) is 2.22. The van der Waals surface area contributed by atoms with Crippen LogP contribution in [0.2, 0.25) is 0 Å². The molecule has 0 saturated carbocycles. The van der Waals surface area contributed by atoms with Gasteiger partial charge >= 0.3 is 0 Å². The Morgan fingerprint density at radius 1 is 1.44 bits per heavy atom. The van der Waals surface area contributed by atoms with Gasteiger partial charge in [0.1, 0.15) is 11.5 Å². The summed E-state index contributed by atoms with van der Waals surface area (Å²) in [6.45, 7) is 7.19. The molecule has 0 aromatic carbocycles. The van der Waals surface area contributed by atoms with Crippen LogP contribution in [0.5, 0.6) is 0 Å². The Kier molecular flexibility index (Phi) is 5.92. The molecule has 1 aromatic heterocycles. The van der Waals surface area contributed by atoms with Gasteiger partial charge in [-0.25, -0.2) is 0 Å². The van der Waals surface area contributed by atoms with Crippen LogP contribution in [-0.4, -0.2) is 12.5 Å². The van der Waals surface area contributed by atoms with Gasteiger partial charge in [-0.1, -0.05) is 13.8 Å². The molecule has 0 spiro atoms. The lowest BCUT2D eigenvalue weighted by molar-refractivity contribution is -0.122. The average Bonchev–Trinajstić information content (AvgIpc) is 2.71. The van der Waals surface area contributed by atoms with E-state index in [1.165, 1.54) is 0 Å². The second-order valence-corrected chi connectivity index (χ2v) is 5.22. The number of furan rings is 1. The van der Waals surface area contributed by atoms with Gasteiger partial charge in [-0.15, -0.1) is 0 Å². The van der Waals surface area contributed by atoms with Crippen molar-refractivity contribution in [2.45, 2.75) is 40.2 Å². The lowest BCUT2D eigenvalue weighted by atomic mass is 9.94. The largest absolute Gasteiger partial charge is 0.465 e. The molecule has 0 radical (unpaired) electrons. The van der Waals surface area contributed by atoms with Crippen molar-refractivity contribution in [3.8, 4) is 0 Å². The summed E-state index contributed by atoms with van der Waals surface area (Å²) in [4.78, 5) is 11.8. The van der Waals surface area contributed by atoms with Gasteiger partial charge in [-0.05, 0) is 43.9 Å². The normalized spacial score (nSPS) is 12.7. The Morgan fingerprint density at radius 3 is 2.67 bits per heavy atom. The molecule has 0 fully saturated rings. The van der Waals surface area contributed by atoms with Crippen molar-refractivity contribution >= 4 is 5.91 Å². The molecule has 0 aliphatic heterocycles. The molecular weight excluding hydrogens is 228 g/mol. The zero-order chi connectivity index (χ0) is 13.5. The second kappa shape index (κ2) is 7.21. The monoisotopic (exact) mass is 252 g/mol. The molecule has 3 N–H and O–H groups in total. The smallest absolute Gasteiger partial charge is 0.220 e. The van der Waals surface area contributed by atoms with Crippen LogP contribution in [0.4, 0.5) is 0 Å². The van der Waals surface area contributed by atoms with Crippen LogP contribution in [0, 0.1) is 18.8 Å². The summed E-state index contributed by atoms with van der Waals surface area (Å²) in [5, 5.41) is 2.86. The number of carbonyl (C=O) groups is 1. The van der Waals surface area contributed by atoms with E-state index in [0.717, 1.165) is 17.9 Å². The lowest BCUT2D eigenvalue weighted by Crippen LogP contribution is -2.28. The van der Waals surface area contributed by atoms with Gasteiger partial charge in [0, 0.05) is 6.42 Å². The fourth-order valence-electron chi connectivity index (χ4n) is 2.03. The fourth-order valence-corrected chi connectivity index (χ4v) is 2.03. The first kappa shape index (κ1) is 14.8. The number of aryl methyl sites for hydroxylation is 1. The highest BCUT2D eigenvalue weighted by molar-refractivity contribution is 5.76. The summed E-state index contributed by atoms with van der Waals surface area (Å²) in [6, 6.07) is 3.77. The highest BCUT2D eigenvalue weighted by Gasteiger charge is 2.14. The third-order valence-corrected chi connectivity index (χ3v) is 2.87. The zero-order valence-corrected chi connectivity index (χ0v) is 11.5. The topological polar surface area (TPSA) is 68.3 Å². The van der Waals surface area contributed by atoms with Gasteiger partial charge in [0.25, 0.3) is 0 Å². The molecule has 0 bridgehead atoms. The highest BCUT2D eigenvalue weighted by atomic mass is 16.3. The van der Waals surface area contributed by atoms with E-state index in [1.54, 1.807) is 0 Å². The minimum absolute atomic E-state index is 0.0418. The van der Waals surface area contributed by atoms with Crippen LogP contribution in [0.3, 0.4) is 0 Å². The van der Waals surface area contributed by atoms with Crippen molar-refractivity contribution in [2.24, 2.45) is 17.6 Å². The maximum absolute atomic E-state index is 11.8. The second-order valence-electron chi connectivity index (χ2n) is 5.22. The summed E-state index contributed by atoms with van der Waals surface area (Å²) in [5.41, 5.74) is 5.68.